The highest BCUT2D eigenvalue weighted by Crippen LogP contribution is 2.24. The fraction of sp³-hybridized carbons (Fsp3) is 0.0667. The number of thiazole rings is 1. The molecule has 4 heteroatoms. The molecule has 0 radical (unpaired) electrons. The van der Waals surface area contributed by atoms with Crippen LogP contribution in [0.5, 0.6) is 0 Å². The van der Waals surface area contributed by atoms with Gasteiger partial charge >= 0.3 is 0 Å². The van der Waals surface area contributed by atoms with Gasteiger partial charge in [0.05, 0.1) is 20.2 Å². The number of benzene rings is 2. The highest BCUT2D eigenvalue weighted by atomic mass is 35.5. The van der Waals surface area contributed by atoms with Crippen molar-refractivity contribution in [1.29, 1.82) is 0 Å². The van der Waals surface area contributed by atoms with Crippen molar-refractivity contribution in [1.82, 2.24) is 4.98 Å². The second kappa shape index (κ2) is 5.11. The summed E-state index contributed by atoms with van der Waals surface area (Å²) in [6, 6.07) is 13.6. The number of hydrogen-bond acceptors (Lipinski definition) is 3. The summed E-state index contributed by atoms with van der Waals surface area (Å²) < 4.78 is 1.18. The van der Waals surface area contributed by atoms with E-state index in [1.165, 1.54) is 4.70 Å². The van der Waals surface area contributed by atoms with Crippen molar-refractivity contribution in [3.8, 4) is 0 Å². The maximum atomic E-state index is 10.9. The fourth-order valence-electron chi connectivity index (χ4n) is 1.96. The summed E-state index contributed by atoms with van der Waals surface area (Å²) in [6.07, 6.45) is 1.50. The van der Waals surface area contributed by atoms with Crippen LogP contribution in [0.3, 0.4) is 0 Å². The standard InChI is InChI=1S/C15H10ClNOS/c16-12-6-5-10(7-11(12)9-18)8-15-17-13-3-1-2-4-14(13)19-15/h1-7,9H,8H2. The molecule has 94 valence electrons. The number of aldehydes is 1. The van der Waals surface area contributed by atoms with Crippen LogP contribution in [-0.2, 0) is 6.42 Å². The van der Waals surface area contributed by atoms with Gasteiger partial charge in [0.1, 0.15) is 0 Å². The lowest BCUT2D eigenvalue weighted by atomic mass is 10.1. The number of nitrogens with zero attached hydrogens (tertiary/aromatic N) is 1. The number of halogens is 1. The Hall–Kier alpha value is -1.71. The molecule has 0 bridgehead atoms. The van der Waals surface area contributed by atoms with Crippen molar-refractivity contribution in [3.63, 3.8) is 0 Å². The number of rotatable bonds is 3. The first kappa shape index (κ1) is 12.3. The van der Waals surface area contributed by atoms with Crippen molar-refractivity contribution < 1.29 is 4.79 Å². The lowest BCUT2D eigenvalue weighted by Gasteiger charge is -2.01. The predicted octanol–water partition coefficient (Wildman–Crippen LogP) is 4.35. The van der Waals surface area contributed by atoms with Crippen LogP contribution in [0.2, 0.25) is 5.02 Å². The molecule has 0 unspecified atom stereocenters. The second-order valence-electron chi connectivity index (χ2n) is 4.23. The number of carbonyl (C=O) groups is 1. The number of fused-ring (bicyclic) bond motifs is 1. The average Bonchev–Trinajstić information content (AvgIpc) is 2.83. The molecule has 0 amide bonds. The summed E-state index contributed by atoms with van der Waals surface area (Å²) >= 11 is 7.60. The van der Waals surface area contributed by atoms with Crippen molar-refractivity contribution in [2.24, 2.45) is 0 Å². The van der Waals surface area contributed by atoms with Gasteiger partial charge in [0.15, 0.2) is 6.29 Å². The molecule has 0 saturated carbocycles. The van der Waals surface area contributed by atoms with E-state index in [4.69, 9.17) is 11.6 Å². The minimum absolute atomic E-state index is 0.489. The molecule has 19 heavy (non-hydrogen) atoms. The highest BCUT2D eigenvalue weighted by Gasteiger charge is 2.06. The smallest absolute Gasteiger partial charge is 0.151 e. The summed E-state index contributed by atoms with van der Waals surface area (Å²) in [4.78, 5) is 15.5. The zero-order chi connectivity index (χ0) is 13.2. The summed E-state index contributed by atoms with van der Waals surface area (Å²) in [7, 11) is 0. The summed E-state index contributed by atoms with van der Waals surface area (Å²) in [5, 5.41) is 1.53. The Kier molecular flexibility index (Phi) is 3.32. The maximum absolute atomic E-state index is 10.9. The summed E-state index contributed by atoms with van der Waals surface area (Å²) in [5.74, 6) is 0. The Morgan fingerprint density at radius 2 is 2.05 bits per heavy atom. The van der Waals surface area contributed by atoms with Gasteiger partial charge in [-0.25, -0.2) is 4.98 Å². The first-order chi connectivity index (χ1) is 9.26. The van der Waals surface area contributed by atoms with Gasteiger partial charge in [0, 0.05) is 12.0 Å². The van der Waals surface area contributed by atoms with Crippen LogP contribution in [0.1, 0.15) is 20.9 Å². The molecule has 3 aromatic rings. The first-order valence-corrected chi connectivity index (χ1v) is 7.04. The highest BCUT2D eigenvalue weighted by molar-refractivity contribution is 7.18. The third-order valence-electron chi connectivity index (χ3n) is 2.88. The monoisotopic (exact) mass is 287 g/mol. The van der Waals surface area contributed by atoms with E-state index in [1.807, 2.05) is 30.3 Å². The van der Waals surface area contributed by atoms with Crippen molar-refractivity contribution in [2.75, 3.05) is 0 Å². The SMILES string of the molecule is O=Cc1cc(Cc2nc3ccccc3s2)ccc1Cl. The third kappa shape index (κ3) is 2.53. The zero-order valence-electron chi connectivity index (χ0n) is 9.97. The van der Waals surface area contributed by atoms with E-state index in [2.05, 4.69) is 11.1 Å². The van der Waals surface area contributed by atoms with Gasteiger partial charge in [-0.15, -0.1) is 11.3 Å². The third-order valence-corrected chi connectivity index (χ3v) is 4.26. The lowest BCUT2D eigenvalue weighted by molar-refractivity contribution is 0.112. The Morgan fingerprint density at radius 3 is 2.84 bits per heavy atom. The molecular weight excluding hydrogens is 278 g/mol. The van der Waals surface area contributed by atoms with Gasteiger partial charge in [-0.2, -0.15) is 0 Å². The number of para-hydroxylation sites is 1. The quantitative estimate of drug-likeness (QED) is 0.670. The van der Waals surface area contributed by atoms with Crippen LogP contribution in [-0.4, -0.2) is 11.3 Å². The Morgan fingerprint density at radius 1 is 1.21 bits per heavy atom. The second-order valence-corrected chi connectivity index (χ2v) is 5.75. The molecular formula is C15H10ClNOS. The van der Waals surface area contributed by atoms with Crippen LogP contribution >= 0.6 is 22.9 Å². The van der Waals surface area contributed by atoms with Gasteiger partial charge in [0.2, 0.25) is 0 Å². The Bertz CT molecular complexity index is 718. The molecule has 0 saturated heterocycles. The van der Waals surface area contributed by atoms with Crippen molar-refractivity contribution in [2.45, 2.75) is 6.42 Å². The molecule has 0 spiro atoms. The minimum atomic E-state index is 0.489. The largest absolute Gasteiger partial charge is 0.298 e. The van der Waals surface area contributed by atoms with E-state index < -0.39 is 0 Å². The average molecular weight is 288 g/mol. The van der Waals surface area contributed by atoms with Gasteiger partial charge in [-0.05, 0) is 29.8 Å². The van der Waals surface area contributed by atoms with Crippen LogP contribution in [0.4, 0.5) is 0 Å². The van der Waals surface area contributed by atoms with Crippen molar-refractivity contribution in [3.05, 3.63) is 63.6 Å². The van der Waals surface area contributed by atoms with Crippen molar-refractivity contribution >= 4 is 39.4 Å². The molecule has 1 aromatic heterocycles. The minimum Gasteiger partial charge on any atom is -0.298 e. The molecule has 0 aliphatic heterocycles. The molecule has 2 nitrogen and oxygen atoms in total. The van der Waals surface area contributed by atoms with Crippen LogP contribution in [0.15, 0.2) is 42.5 Å². The Labute approximate surface area is 119 Å². The van der Waals surface area contributed by atoms with E-state index in [-0.39, 0.29) is 0 Å². The summed E-state index contributed by atoms with van der Waals surface area (Å²) in [5.41, 5.74) is 2.60. The molecule has 1 heterocycles. The van der Waals surface area contributed by atoms with E-state index in [0.29, 0.717) is 10.6 Å². The number of aromatic nitrogens is 1. The molecule has 0 atom stereocenters. The fourth-order valence-corrected chi connectivity index (χ4v) is 3.13. The lowest BCUT2D eigenvalue weighted by Crippen LogP contribution is -1.90. The van der Waals surface area contributed by atoms with Gasteiger partial charge < -0.3 is 0 Å². The van der Waals surface area contributed by atoms with Gasteiger partial charge in [-0.1, -0.05) is 29.8 Å². The summed E-state index contributed by atoms with van der Waals surface area (Å²) in [6.45, 7) is 0. The van der Waals surface area contributed by atoms with Crippen LogP contribution in [0.25, 0.3) is 10.2 Å². The van der Waals surface area contributed by atoms with Gasteiger partial charge in [0.25, 0.3) is 0 Å². The van der Waals surface area contributed by atoms with Gasteiger partial charge in [-0.3, -0.25) is 4.79 Å². The Balaban J connectivity index is 1.94. The zero-order valence-corrected chi connectivity index (χ0v) is 11.5. The normalized spacial score (nSPS) is 10.8. The molecule has 0 N–H and O–H groups in total. The number of hydrogen-bond donors (Lipinski definition) is 0. The van der Waals surface area contributed by atoms with E-state index in [1.54, 1.807) is 17.4 Å². The molecule has 0 aliphatic rings. The van der Waals surface area contributed by atoms with Crippen LogP contribution < -0.4 is 0 Å². The first-order valence-electron chi connectivity index (χ1n) is 5.84. The molecule has 3 rings (SSSR count). The predicted molar refractivity (Wildman–Crippen MR) is 79.3 cm³/mol. The molecule has 2 aromatic carbocycles. The topological polar surface area (TPSA) is 30.0 Å². The van der Waals surface area contributed by atoms with E-state index in [9.17, 15) is 4.79 Å². The van der Waals surface area contributed by atoms with Crippen LogP contribution in [0, 0.1) is 0 Å². The van der Waals surface area contributed by atoms with E-state index in [0.717, 1.165) is 28.8 Å². The van der Waals surface area contributed by atoms with E-state index >= 15 is 0 Å². The maximum Gasteiger partial charge on any atom is 0.151 e. The molecule has 0 fully saturated rings. The molecule has 0 aliphatic carbocycles. The number of carbonyl (C=O) groups excluding carboxylic acids is 1.